The van der Waals surface area contributed by atoms with Crippen LogP contribution >= 0.6 is 11.6 Å². The van der Waals surface area contributed by atoms with Gasteiger partial charge in [-0.1, -0.05) is 24.2 Å². The highest BCUT2D eigenvalue weighted by atomic mass is 35.5. The number of rotatable bonds is 9. The van der Waals surface area contributed by atoms with Gasteiger partial charge in [0.05, 0.1) is 47.4 Å². The monoisotopic (exact) mass is 645 g/mol. The predicted molar refractivity (Wildman–Crippen MR) is 168 cm³/mol. The number of hydroxylamine groups is 1. The minimum Gasteiger partial charge on any atom is -0.494 e. The van der Waals surface area contributed by atoms with E-state index in [1.807, 2.05) is 6.07 Å². The standard InChI is InChI=1S/C31H35ClF3N7O3/c1-5-30(43)39-23-15-24(27(44-4)16-26(23)41-11-8-20(9-12-41)40(2)3)38-28-17-29(37-18-36-28)42-25(10-13-45-42)19-6-7-22(32)21(14-19)31(33,34)35/h5-7,14-18,20,25H,1,8-13H2,2-4H3,(H,39,43)(H,36,37,38). The molecule has 3 heterocycles. The van der Waals surface area contributed by atoms with E-state index in [0.29, 0.717) is 46.8 Å². The van der Waals surface area contributed by atoms with Crippen LogP contribution in [0.4, 0.5) is 41.9 Å². The Morgan fingerprint density at radius 1 is 1.13 bits per heavy atom. The molecule has 1 aromatic heterocycles. The fraction of sp³-hybridized carbons (Fsp3) is 0.387. The highest BCUT2D eigenvalue weighted by Gasteiger charge is 2.36. The van der Waals surface area contributed by atoms with Crippen LogP contribution in [0.15, 0.2) is 55.4 Å². The van der Waals surface area contributed by atoms with E-state index >= 15 is 0 Å². The summed E-state index contributed by atoms with van der Waals surface area (Å²) in [7, 11) is 5.71. The number of nitrogens with one attached hydrogen (secondary N) is 2. The summed E-state index contributed by atoms with van der Waals surface area (Å²) in [6, 6.07) is 9.06. The Morgan fingerprint density at radius 3 is 2.56 bits per heavy atom. The number of amides is 1. The molecule has 0 radical (unpaired) electrons. The normalized spacial score (nSPS) is 17.5. The van der Waals surface area contributed by atoms with Crippen molar-refractivity contribution in [1.82, 2.24) is 14.9 Å². The summed E-state index contributed by atoms with van der Waals surface area (Å²) in [6.45, 7) is 5.48. The molecule has 14 heteroatoms. The number of carbonyl (C=O) groups excluding carboxylic acids is 1. The first kappa shape index (κ1) is 32.3. The van der Waals surface area contributed by atoms with E-state index in [9.17, 15) is 18.0 Å². The van der Waals surface area contributed by atoms with Gasteiger partial charge in [-0.25, -0.2) is 15.0 Å². The number of piperidine rings is 1. The number of methoxy groups -OCH3 is 1. The molecule has 2 aromatic carbocycles. The molecule has 0 bridgehead atoms. The molecule has 2 N–H and O–H groups in total. The molecule has 2 fully saturated rings. The van der Waals surface area contributed by atoms with Crippen LogP contribution in [0.25, 0.3) is 0 Å². The van der Waals surface area contributed by atoms with E-state index in [1.54, 1.807) is 25.3 Å². The number of anilines is 5. The van der Waals surface area contributed by atoms with Crippen molar-refractivity contribution in [1.29, 1.82) is 0 Å². The van der Waals surface area contributed by atoms with Gasteiger partial charge in [-0.2, -0.15) is 13.2 Å². The number of benzene rings is 2. The third-order valence-electron chi connectivity index (χ3n) is 8.02. The zero-order chi connectivity index (χ0) is 32.3. The van der Waals surface area contributed by atoms with Crippen LogP contribution < -0.4 is 25.3 Å². The van der Waals surface area contributed by atoms with Gasteiger partial charge < -0.3 is 25.2 Å². The molecule has 1 unspecified atom stereocenters. The number of ether oxygens (including phenoxy) is 1. The van der Waals surface area contributed by atoms with Gasteiger partial charge in [0.2, 0.25) is 5.91 Å². The van der Waals surface area contributed by atoms with E-state index in [4.69, 9.17) is 21.2 Å². The molecular weight excluding hydrogens is 611 g/mol. The number of alkyl halides is 3. The number of hydrogen-bond donors (Lipinski definition) is 2. The van der Waals surface area contributed by atoms with E-state index in [-0.39, 0.29) is 17.5 Å². The third-order valence-corrected chi connectivity index (χ3v) is 8.35. The quantitative estimate of drug-likeness (QED) is 0.255. The first-order valence-electron chi connectivity index (χ1n) is 14.4. The van der Waals surface area contributed by atoms with Crippen LogP contribution in [-0.2, 0) is 15.8 Å². The van der Waals surface area contributed by atoms with Crippen LogP contribution in [0.2, 0.25) is 5.02 Å². The Hall–Kier alpha value is -4.07. The van der Waals surface area contributed by atoms with E-state index < -0.39 is 17.8 Å². The van der Waals surface area contributed by atoms with Gasteiger partial charge in [-0.05, 0) is 56.8 Å². The molecule has 2 saturated heterocycles. The predicted octanol–water partition coefficient (Wildman–Crippen LogP) is 6.44. The maximum absolute atomic E-state index is 13.6. The summed E-state index contributed by atoms with van der Waals surface area (Å²) in [5, 5.41) is 7.26. The molecule has 1 atom stereocenters. The maximum Gasteiger partial charge on any atom is 0.417 e. The number of nitrogens with zero attached hydrogens (tertiary/aromatic N) is 5. The second-order valence-electron chi connectivity index (χ2n) is 11.0. The summed E-state index contributed by atoms with van der Waals surface area (Å²) >= 11 is 5.85. The highest BCUT2D eigenvalue weighted by Crippen LogP contribution is 2.42. The van der Waals surface area contributed by atoms with Gasteiger partial charge in [0.15, 0.2) is 5.82 Å². The van der Waals surface area contributed by atoms with Crippen LogP contribution in [0, 0.1) is 0 Å². The van der Waals surface area contributed by atoms with Gasteiger partial charge >= 0.3 is 6.18 Å². The molecule has 10 nitrogen and oxygen atoms in total. The van der Waals surface area contributed by atoms with E-state index in [1.165, 1.54) is 23.5 Å². The molecule has 0 saturated carbocycles. The Balaban J connectivity index is 1.43. The van der Waals surface area contributed by atoms with Crippen molar-refractivity contribution in [2.45, 2.75) is 37.5 Å². The summed E-state index contributed by atoms with van der Waals surface area (Å²) in [5.41, 5.74) is 1.41. The van der Waals surface area contributed by atoms with Crippen molar-refractivity contribution in [3.05, 3.63) is 71.5 Å². The van der Waals surface area contributed by atoms with Crippen molar-refractivity contribution < 1.29 is 27.5 Å². The van der Waals surface area contributed by atoms with E-state index in [2.05, 4.69) is 51.1 Å². The lowest BCUT2D eigenvalue weighted by atomic mass is 10.0. The van der Waals surface area contributed by atoms with Crippen molar-refractivity contribution in [2.24, 2.45) is 0 Å². The molecule has 3 aromatic rings. The van der Waals surface area contributed by atoms with Crippen LogP contribution in [0.3, 0.4) is 0 Å². The molecule has 2 aliphatic heterocycles. The lowest BCUT2D eigenvalue weighted by molar-refractivity contribution is -0.137. The fourth-order valence-electron chi connectivity index (χ4n) is 5.64. The summed E-state index contributed by atoms with van der Waals surface area (Å²) in [5.74, 6) is 0.888. The van der Waals surface area contributed by atoms with Gasteiger partial charge in [0, 0.05) is 37.7 Å². The Morgan fingerprint density at radius 2 is 1.89 bits per heavy atom. The van der Waals surface area contributed by atoms with Crippen molar-refractivity contribution in [3.63, 3.8) is 0 Å². The maximum atomic E-state index is 13.6. The van der Waals surface area contributed by atoms with Gasteiger partial charge in [0.1, 0.15) is 17.9 Å². The first-order valence-corrected chi connectivity index (χ1v) is 14.8. The second kappa shape index (κ2) is 13.5. The van der Waals surface area contributed by atoms with Crippen LogP contribution in [0.1, 0.15) is 36.4 Å². The number of carbonyl (C=O) groups is 1. The molecule has 240 valence electrons. The van der Waals surface area contributed by atoms with Gasteiger partial charge in [-0.15, -0.1) is 0 Å². The van der Waals surface area contributed by atoms with Crippen LogP contribution in [0.5, 0.6) is 5.75 Å². The van der Waals surface area contributed by atoms with Crippen molar-refractivity contribution >= 4 is 46.2 Å². The Bertz CT molecular complexity index is 1550. The summed E-state index contributed by atoms with van der Waals surface area (Å²) in [6.07, 6.45) is 0.335. The Kier molecular flexibility index (Phi) is 9.70. The first-order chi connectivity index (χ1) is 21.5. The van der Waals surface area contributed by atoms with Gasteiger partial charge in [0.25, 0.3) is 0 Å². The average Bonchev–Trinajstić information content (AvgIpc) is 3.51. The average molecular weight is 646 g/mol. The second-order valence-corrected chi connectivity index (χ2v) is 11.4. The van der Waals surface area contributed by atoms with Gasteiger partial charge in [-0.3, -0.25) is 9.63 Å². The largest absolute Gasteiger partial charge is 0.494 e. The van der Waals surface area contributed by atoms with Crippen LogP contribution in [-0.4, -0.2) is 67.7 Å². The molecule has 45 heavy (non-hydrogen) atoms. The molecule has 0 spiro atoms. The number of halogens is 4. The van der Waals surface area contributed by atoms with E-state index in [0.717, 1.165) is 37.7 Å². The van der Waals surface area contributed by atoms with Crippen molar-refractivity contribution in [3.8, 4) is 5.75 Å². The smallest absolute Gasteiger partial charge is 0.417 e. The molecule has 0 aliphatic carbocycles. The summed E-state index contributed by atoms with van der Waals surface area (Å²) in [4.78, 5) is 31.3. The molecule has 1 amide bonds. The lowest BCUT2D eigenvalue weighted by Crippen LogP contribution is -2.42. The molecule has 5 rings (SSSR count). The Labute approximate surface area is 264 Å². The third kappa shape index (κ3) is 7.26. The zero-order valence-corrected chi connectivity index (χ0v) is 26.0. The molecular formula is C31H35ClF3N7O3. The topological polar surface area (TPSA) is 95.1 Å². The van der Waals surface area contributed by atoms with Crippen molar-refractivity contribution in [2.75, 3.05) is 61.5 Å². The minimum atomic E-state index is -4.59. The zero-order valence-electron chi connectivity index (χ0n) is 25.2. The fourth-order valence-corrected chi connectivity index (χ4v) is 5.87. The molecule has 2 aliphatic rings. The minimum absolute atomic E-state index is 0.287. The number of hydrogen-bond acceptors (Lipinski definition) is 9. The highest BCUT2D eigenvalue weighted by molar-refractivity contribution is 6.31. The number of aromatic nitrogens is 2. The summed E-state index contributed by atoms with van der Waals surface area (Å²) < 4.78 is 46.4. The SMILES string of the molecule is C=CC(=O)Nc1cc(Nc2cc(N3OCCC3c3ccc(Cl)c(C(F)(F)F)c3)ncn2)c(OC)cc1N1CCC(N(C)C)CC1. The lowest BCUT2D eigenvalue weighted by Gasteiger charge is -2.37.